The van der Waals surface area contributed by atoms with Crippen LogP contribution < -0.4 is 0 Å². The number of hydrogen-bond acceptors (Lipinski definition) is 6. The second-order valence-corrected chi connectivity index (χ2v) is 9.09. The van der Waals surface area contributed by atoms with E-state index in [4.69, 9.17) is 9.26 Å². The van der Waals surface area contributed by atoms with Crippen LogP contribution in [0.25, 0.3) is 0 Å². The summed E-state index contributed by atoms with van der Waals surface area (Å²) in [6, 6.07) is 9.92. The smallest absolute Gasteiger partial charge is 0.248 e. The zero-order valence-corrected chi connectivity index (χ0v) is 17.6. The summed E-state index contributed by atoms with van der Waals surface area (Å²) in [4.78, 5) is 0.159. The van der Waals surface area contributed by atoms with Crippen LogP contribution in [0.1, 0.15) is 34.0 Å². The average Bonchev–Trinajstić information content (AvgIpc) is 3.21. The molecule has 1 aliphatic rings. The van der Waals surface area contributed by atoms with Crippen molar-refractivity contribution in [1.29, 1.82) is 0 Å². The lowest BCUT2D eigenvalue weighted by atomic mass is 10.1. The van der Waals surface area contributed by atoms with E-state index in [1.165, 1.54) is 4.31 Å². The van der Waals surface area contributed by atoms with Crippen LogP contribution >= 0.6 is 0 Å². The first-order valence-corrected chi connectivity index (χ1v) is 10.9. The van der Waals surface area contributed by atoms with Crippen molar-refractivity contribution in [2.75, 3.05) is 6.54 Å². The summed E-state index contributed by atoms with van der Waals surface area (Å²) in [5, 5.41) is 8.37. The van der Waals surface area contributed by atoms with Crippen LogP contribution in [0.4, 0.5) is 0 Å². The van der Waals surface area contributed by atoms with Crippen molar-refractivity contribution in [1.82, 2.24) is 19.2 Å². The molecule has 8 nitrogen and oxygen atoms in total. The highest BCUT2D eigenvalue weighted by Crippen LogP contribution is 2.30. The molecule has 3 heterocycles. The van der Waals surface area contributed by atoms with E-state index in [2.05, 4.69) is 10.3 Å². The second kappa shape index (κ2) is 7.74. The Bertz CT molecular complexity index is 1100. The number of ether oxygens (including phenoxy) is 1. The Hall–Kier alpha value is -2.49. The number of nitrogens with zero attached hydrogens (tertiary/aromatic N) is 4. The quantitative estimate of drug-likeness (QED) is 0.613. The van der Waals surface area contributed by atoms with Crippen molar-refractivity contribution in [3.05, 3.63) is 64.3 Å². The van der Waals surface area contributed by atoms with Crippen molar-refractivity contribution in [2.24, 2.45) is 7.05 Å². The monoisotopic (exact) mass is 416 g/mol. The lowest BCUT2D eigenvalue weighted by Gasteiger charge is -2.26. The van der Waals surface area contributed by atoms with Gasteiger partial charge in [-0.3, -0.25) is 4.68 Å². The van der Waals surface area contributed by atoms with Crippen LogP contribution in [0.15, 0.2) is 39.8 Å². The topological polar surface area (TPSA) is 90.5 Å². The molecule has 154 valence electrons. The molecule has 0 unspecified atom stereocenters. The van der Waals surface area contributed by atoms with Crippen LogP contribution in [0.3, 0.4) is 0 Å². The van der Waals surface area contributed by atoms with Crippen LogP contribution in [0, 0.1) is 13.8 Å². The predicted octanol–water partition coefficient (Wildman–Crippen LogP) is 2.49. The molecular weight excluding hydrogens is 392 g/mol. The van der Waals surface area contributed by atoms with Gasteiger partial charge >= 0.3 is 0 Å². The lowest BCUT2D eigenvalue weighted by Crippen LogP contribution is -2.37. The Labute approximate surface area is 170 Å². The SMILES string of the molecule is Cc1noc(C)c1S(=O)(=O)N1CCc2c(c(COCc3ccccc3)nn2C)C1. The van der Waals surface area contributed by atoms with Gasteiger partial charge in [-0.05, 0) is 19.4 Å². The summed E-state index contributed by atoms with van der Waals surface area (Å²) >= 11 is 0. The van der Waals surface area contributed by atoms with E-state index in [0.29, 0.717) is 37.6 Å². The molecule has 0 amide bonds. The summed E-state index contributed by atoms with van der Waals surface area (Å²) < 4.78 is 40.6. The van der Waals surface area contributed by atoms with Gasteiger partial charge in [-0.1, -0.05) is 35.5 Å². The van der Waals surface area contributed by atoms with Gasteiger partial charge in [-0.2, -0.15) is 9.40 Å². The first kappa shape index (κ1) is 19.8. The molecule has 3 aromatic rings. The number of aryl methyl sites for hydroxylation is 3. The largest absolute Gasteiger partial charge is 0.370 e. The van der Waals surface area contributed by atoms with Crippen molar-refractivity contribution in [3.63, 3.8) is 0 Å². The molecule has 0 aliphatic carbocycles. The Morgan fingerprint density at radius 1 is 1.17 bits per heavy atom. The van der Waals surface area contributed by atoms with Crippen LogP contribution in [-0.4, -0.2) is 34.2 Å². The first-order valence-electron chi connectivity index (χ1n) is 9.46. The van der Waals surface area contributed by atoms with Crippen molar-refractivity contribution in [2.45, 2.75) is 44.9 Å². The van der Waals surface area contributed by atoms with Crippen molar-refractivity contribution < 1.29 is 17.7 Å². The summed E-state index contributed by atoms with van der Waals surface area (Å²) in [7, 11) is -1.81. The third kappa shape index (κ3) is 3.73. The van der Waals surface area contributed by atoms with Gasteiger partial charge in [0.15, 0.2) is 5.76 Å². The Morgan fingerprint density at radius 2 is 1.93 bits per heavy atom. The molecule has 0 fully saturated rings. The zero-order chi connectivity index (χ0) is 20.6. The third-order valence-corrected chi connectivity index (χ3v) is 7.30. The third-order valence-electron chi connectivity index (χ3n) is 5.21. The van der Waals surface area contributed by atoms with Gasteiger partial charge in [0.25, 0.3) is 0 Å². The maximum absolute atomic E-state index is 13.2. The second-order valence-electron chi connectivity index (χ2n) is 7.22. The molecule has 29 heavy (non-hydrogen) atoms. The number of rotatable bonds is 6. The van der Waals surface area contributed by atoms with E-state index in [1.807, 2.05) is 42.1 Å². The number of benzene rings is 1. The Kier molecular flexibility index (Phi) is 5.28. The van der Waals surface area contributed by atoms with Crippen LogP contribution in [-0.2, 0) is 48.0 Å². The lowest BCUT2D eigenvalue weighted by molar-refractivity contribution is 0.103. The predicted molar refractivity (Wildman–Crippen MR) is 105 cm³/mol. The summed E-state index contributed by atoms with van der Waals surface area (Å²) in [5.41, 5.74) is 4.21. The maximum Gasteiger partial charge on any atom is 0.248 e. The van der Waals surface area contributed by atoms with E-state index in [0.717, 1.165) is 22.5 Å². The normalized spacial score (nSPS) is 14.9. The fraction of sp³-hybridized carbons (Fsp3) is 0.400. The van der Waals surface area contributed by atoms with Gasteiger partial charge < -0.3 is 9.26 Å². The van der Waals surface area contributed by atoms with E-state index >= 15 is 0 Å². The van der Waals surface area contributed by atoms with Crippen molar-refractivity contribution in [3.8, 4) is 0 Å². The molecule has 0 bridgehead atoms. The van der Waals surface area contributed by atoms with Gasteiger partial charge in [0.05, 0.1) is 18.9 Å². The number of sulfonamides is 1. The number of aromatic nitrogens is 3. The summed E-state index contributed by atoms with van der Waals surface area (Å²) in [6.07, 6.45) is 0.597. The van der Waals surface area contributed by atoms with Crippen LogP contribution in [0.5, 0.6) is 0 Å². The molecule has 2 aromatic heterocycles. The number of hydrogen-bond donors (Lipinski definition) is 0. The molecule has 0 atom stereocenters. The fourth-order valence-electron chi connectivity index (χ4n) is 3.78. The highest BCUT2D eigenvalue weighted by Gasteiger charge is 2.35. The minimum Gasteiger partial charge on any atom is -0.370 e. The molecule has 0 N–H and O–H groups in total. The highest BCUT2D eigenvalue weighted by molar-refractivity contribution is 7.89. The van der Waals surface area contributed by atoms with E-state index < -0.39 is 10.0 Å². The average molecular weight is 417 g/mol. The van der Waals surface area contributed by atoms with Gasteiger partial charge in [0.1, 0.15) is 10.6 Å². The van der Waals surface area contributed by atoms with Crippen molar-refractivity contribution >= 4 is 10.0 Å². The molecule has 4 rings (SSSR count). The van der Waals surface area contributed by atoms with Crippen LogP contribution in [0.2, 0.25) is 0 Å². The maximum atomic E-state index is 13.2. The summed E-state index contributed by atoms with van der Waals surface area (Å²) in [6.45, 7) is 4.73. The Balaban J connectivity index is 1.54. The molecule has 0 saturated heterocycles. The standard InChI is InChI=1S/C20H24N4O4S/c1-14-20(15(2)28-22-14)29(25,26)24-10-9-19-17(11-24)18(21-23(19)3)13-27-12-16-7-5-4-6-8-16/h4-8H,9-13H2,1-3H3. The van der Waals surface area contributed by atoms with Gasteiger partial charge in [-0.15, -0.1) is 0 Å². The molecule has 0 saturated carbocycles. The zero-order valence-electron chi connectivity index (χ0n) is 16.8. The summed E-state index contributed by atoms with van der Waals surface area (Å²) in [5.74, 6) is 0.311. The Morgan fingerprint density at radius 3 is 2.62 bits per heavy atom. The fourth-order valence-corrected chi connectivity index (χ4v) is 5.48. The van der Waals surface area contributed by atoms with Gasteiger partial charge in [0, 0.05) is 37.8 Å². The minimum absolute atomic E-state index is 0.159. The number of fused-ring (bicyclic) bond motifs is 1. The van der Waals surface area contributed by atoms with E-state index in [9.17, 15) is 8.42 Å². The molecule has 0 spiro atoms. The first-order chi connectivity index (χ1) is 13.9. The van der Waals surface area contributed by atoms with E-state index in [-0.39, 0.29) is 11.4 Å². The highest BCUT2D eigenvalue weighted by atomic mass is 32.2. The molecule has 0 radical (unpaired) electrons. The van der Waals surface area contributed by atoms with E-state index in [1.54, 1.807) is 13.8 Å². The minimum atomic E-state index is -3.69. The molecule has 1 aliphatic heterocycles. The van der Waals surface area contributed by atoms with Gasteiger partial charge in [-0.25, -0.2) is 8.42 Å². The molecule has 1 aromatic carbocycles. The molecule has 9 heteroatoms. The molecular formula is C20H24N4O4S. The van der Waals surface area contributed by atoms with Gasteiger partial charge in [0.2, 0.25) is 10.0 Å².